The number of hydrogen-bond acceptors (Lipinski definition) is 4. The van der Waals surface area contributed by atoms with Crippen molar-refractivity contribution in [3.63, 3.8) is 0 Å². The largest absolute Gasteiger partial charge is 0.397 e. The van der Waals surface area contributed by atoms with Gasteiger partial charge in [-0.2, -0.15) is 0 Å². The molecule has 0 bridgehead atoms. The van der Waals surface area contributed by atoms with Gasteiger partial charge >= 0.3 is 0 Å². The molecule has 1 heterocycles. The van der Waals surface area contributed by atoms with Gasteiger partial charge in [0.15, 0.2) is 0 Å². The van der Waals surface area contributed by atoms with Crippen molar-refractivity contribution in [2.24, 2.45) is 0 Å². The molecule has 0 spiro atoms. The molecule has 6 heteroatoms. The van der Waals surface area contributed by atoms with Crippen LogP contribution in [0.15, 0.2) is 42.6 Å². The van der Waals surface area contributed by atoms with Gasteiger partial charge in [-0.3, -0.25) is 4.79 Å². The fourth-order valence-electron chi connectivity index (χ4n) is 1.70. The van der Waals surface area contributed by atoms with E-state index in [4.69, 9.17) is 17.3 Å². The van der Waals surface area contributed by atoms with Crippen LogP contribution in [0.5, 0.6) is 0 Å². The summed E-state index contributed by atoms with van der Waals surface area (Å²) in [5, 5.41) is 12.6. The van der Waals surface area contributed by atoms with Crippen LogP contribution in [-0.2, 0) is 0 Å². The highest BCUT2D eigenvalue weighted by atomic mass is 35.5. The molecule has 1 aromatic heterocycles. The number of carbonyl (C=O) groups is 1. The molecular formula is C14H14ClN3O2. The predicted octanol–water partition coefficient (Wildman–Crippen LogP) is 1.78. The molecule has 0 aliphatic carbocycles. The molecule has 2 aromatic rings. The number of nitrogens with one attached hydrogen (secondary N) is 1. The maximum absolute atomic E-state index is 12.0. The molecule has 0 saturated heterocycles. The number of nitrogens with zero attached hydrogens (tertiary/aromatic N) is 1. The van der Waals surface area contributed by atoms with Crippen LogP contribution in [0.2, 0.25) is 5.15 Å². The lowest BCUT2D eigenvalue weighted by Gasteiger charge is -2.12. The third-order valence-corrected chi connectivity index (χ3v) is 3.05. The van der Waals surface area contributed by atoms with Crippen molar-refractivity contribution in [1.29, 1.82) is 0 Å². The summed E-state index contributed by atoms with van der Waals surface area (Å²) in [5.74, 6) is -0.426. The Bertz CT molecular complexity index is 605. The number of pyridine rings is 1. The van der Waals surface area contributed by atoms with E-state index in [-0.39, 0.29) is 17.3 Å². The normalized spacial score (nSPS) is 11.9. The summed E-state index contributed by atoms with van der Waals surface area (Å²) in [6.45, 7) is 0.0774. The summed E-state index contributed by atoms with van der Waals surface area (Å²) in [5.41, 5.74) is 6.83. The van der Waals surface area contributed by atoms with E-state index in [1.807, 2.05) is 18.2 Å². The monoisotopic (exact) mass is 291 g/mol. The Morgan fingerprint density at radius 2 is 2.10 bits per heavy atom. The molecule has 1 amide bonds. The highest BCUT2D eigenvalue weighted by molar-refractivity contribution is 6.32. The molecule has 0 fully saturated rings. The van der Waals surface area contributed by atoms with Gasteiger partial charge in [0.2, 0.25) is 0 Å². The molecule has 20 heavy (non-hydrogen) atoms. The standard InChI is InChI=1S/C14H14ClN3O2/c15-13-11(6-10(16)7-17-13)14(20)18-8-12(19)9-4-2-1-3-5-9/h1-7,12,19H,8,16H2,(H,18,20). The first-order valence-electron chi connectivity index (χ1n) is 6.00. The number of aromatic nitrogens is 1. The van der Waals surface area contributed by atoms with Crippen molar-refractivity contribution in [3.05, 3.63) is 58.9 Å². The molecule has 0 radical (unpaired) electrons. The minimum Gasteiger partial charge on any atom is -0.397 e. The van der Waals surface area contributed by atoms with E-state index in [1.54, 1.807) is 12.1 Å². The van der Waals surface area contributed by atoms with Crippen LogP contribution in [0.3, 0.4) is 0 Å². The van der Waals surface area contributed by atoms with Crippen LogP contribution < -0.4 is 11.1 Å². The van der Waals surface area contributed by atoms with E-state index in [9.17, 15) is 9.90 Å². The van der Waals surface area contributed by atoms with Gasteiger partial charge in [-0.05, 0) is 11.6 Å². The number of aliphatic hydroxyl groups is 1. The van der Waals surface area contributed by atoms with Crippen LogP contribution in [0, 0.1) is 0 Å². The smallest absolute Gasteiger partial charge is 0.254 e. The lowest BCUT2D eigenvalue weighted by molar-refractivity contribution is 0.0916. The van der Waals surface area contributed by atoms with Crippen LogP contribution in [0.4, 0.5) is 5.69 Å². The van der Waals surface area contributed by atoms with Gasteiger partial charge in [0.05, 0.1) is 23.6 Å². The maximum atomic E-state index is 12.0. The first kappa shape index (κ1) is 14.3. The Balaban J connectivity index is 2.00. The van der Waals surface area contributed by atoms with Crippen molar-refractivity contribution >= 4 is 23.2 Å². The minimum absolute atomic E-state index is 0.0749. The lowest BCUT2D eigenvalue weighted by atomic mass is 10.1. The summed E-state index contributed by atoms with van der Waals surface area (Å²) >= 11 is 5.83. The van der Waals surface area contributed by atoms with Gasteiger partial charge in [-0.1, -0.05) is 41.9 Å². The summed E-state index contributed by atoms with van der Waals surface area (Å²) in [4.78, 5) is 15.8. The number of rotatable bonds is 4. The Morgan fingerprint density at radius 3 is 2.80 bits per heavy atom. The number of anilines is 1. The van der Waals surface area contributed by atoms with Crippen LogP contribution >= 0.6 is 11.6 Å². The predicted molar refractivity (Wildman–Crippen MR) is 77.4 cm³/mol. The molecule has 0 aliphatic heterocycles. The van der Waals surface area contributed by atoms with Gasteiger partial charge < -0.3 is 16.2 Å². The Kier molecular flexibility index (Phi) is 4.55. The molecule has 4 N–H and O–H groups in total. The highest BCUT2D eigenvalue weighted by Crippen LogP contribution is 2.16. The van der Waals surface area contributed by atoms with Crippen LogP contribution in [-0.4, -0.2) is 22.5 Å². The molecule has 1 atom stereocenters. The molecule has 0 saturated carbocycles. The Labute approximate surface area is 121 Å². The average Bonchev–Trinajstić information content (AvgIpc) is 2.47. The van der Waals surface area contributed by atoms with Gasteiger partial charge in [0.25, 0.3) is 5.91 Å². The van der Waals surface area contributed by atoms with Gasteiger partial charge in [0, 0.05) is 6.54 Å². The zero-order valence-electron chi connectivity index (χ0n) is 10.6. The number of aliphatic hydroxyl groups excluding tert-OH is 1. The second kappa shape index (κ2) is 6.36. The van der Waals surface area contributed by atoms with Crippen molar-refractivity contribution < 1.29 is 9.90 Å². The molecule has 2 rings (SSSR count). The van der Waals surface area contributed by atoms with E-state index in [2.05, 4.69) is 10.3 Å². The SMILES string of the molecule is Nc1cnc(Cl)c(C(=O)NCC(O)c2ccccc2)c1. The van der Waals surface area contributed by atoms with Crippen LogP contribution in [0.1, 0.15) is 22.0 Å². The summed E-state index contributed by atoms with van der Waals surface area (Å²) in [6, 6.07) is 10.5. The fourth-order valence-corrected chi connectivity index (χ4v) is 1.89. The van der Waals surface area contributed by atoms with Gasteiger partial charge in [-0.25, -0.2) is 4.98 Å². The topological polar surface area (TPSA) is 88.2 Å². The van der Waals surface area contributed by atoms with Crippen molar-refractivity contribution in [3.8, 4) is 0 Å². The Hall–Kier alpha value is -2.11. The van der Waals surface area contributed by atoms with Gasteiger partial charge in [-0.15, -0.1) is 0 Å². The van der Waals surface area contributed by atoms with E-state index in [0.717, 1.165) is 5.56 Å². The number of amides is 1. The summed E-state index contributed by atoms with van der Waals surface area (Å²) in [6.07, 6.45) is 0.589. The number of nitrogens with two attached hydrogens (primary N) is 1. The van der Waals surface area contributed by atoms with E-state index in [0.29, 0.717) is 5.69 Å². The van der Waals surface area contributed by atoms with E-state index < -0.39 is 12.0 Å². The van der Waals surface area contributed by atoms with E-state index >= 15 is 0 Å². The number of halogens is 1. The molecule has 1 unspecified atom stereocenters. The number of hydrogen-bond donors (Lipinski definition) is 3. The molecule has 0 aliphatic rings. The number of benzene rings is 1. The fraction of sp³-hybridized carbons (Fsp3) is 0.143. The minimum atomic E-state index is -0.784. The summed E-state index contributed by atoms with van der Waals surface area (Å²) < 4.78 is 0. The number of carbonyl (C=O) groups excluding carboxylic acids is 1. The maximum Gasteiger partial charge on any atom is 0.254 e. The third-order valence-electron chi connectivity index (χ3n) is 2.75. The first-order chi connectivity index (χ1) is 9.58. The summed E-state index contributed by atoms with van der Waals surface area (Å²) in [7, 11) is 0. The van der Waals surface area contributed by atoms with Crippen LogP contribution in [0.25, 0.3) is 0 Å². The quantitative estimate of drug-likeness (QED) is 0.749. The zero-order chi connectivity index (χ0) is 14.5. The molecule has 5 nitrogen and oxygen atoms in total. The second-order valence-corrected chi connectivity index (χ2v) is 4.60. The van der Waals surface area contributed by atoms with E-state index in [1.165, 1.54) is 12.3 Å². The van der Waals surface area contributed by atoms with Gasteiger partial charge in [0.1, 0.15) is 5.15 Å². The highest BCUT2D eigenvalue weighted by Gasteiger charge is 2.14. The second-order valence-electron chi connectivity index (χ2n) is 4.24. The molecular weight excluding hydrogens is 278 g/mol. The molecule has 1 aromatic carbocycles. The third kappa shape index (κ3) is 3.46. The average molecular weight is 292 g/mol. The Morgan fingerprint density at radius 1 is 1.40 bits per heavy atom. The van der Waals surface area contributed by atoms with Crippen molar-refractivity contribution in [2.75, 3.05) is 12.3 Å². The first-order valence-corrected chi connectivity index (χ1v) is 6.38. The zero-order valence-corrected chi connectivity index (χ0v) is 11.3. The molecule has 104 valence electrons. The van der Waals surface area contributed by atoms with Crippen molar-refractivity contribution in [2.45, 2.75) is 6.10 Å². The lowest BCUT2D eigenvalue weighted by Crippen LogP contribution is -2.28. The number of nitrogen functional groups attached to an aromatic ring is 1. The van der Waals surface area contributed by atoms with Crippen molar-refractivity contribution in [1.82, 2.24) is 10.3 Å².